The molecule has 62 heavy (non-hydrogen) atoms. The Kier molecular flexibility index (Phi) is 14.4. The summed E-state index contributed by atoms with van der Waals surface area (Å²) in [5.41, 5.74) is 21.7. The summed E-state index contributed by atoms with van der Waals surface area (Å²) in [5, 5.41) is 10.3. The lowest BCUT2D eigenvalue weighted by molar-refractivity contribution is 0.712. The first-order chi connectivity index (χ1) is 30.3. The Hall–Kier alpha value is -6.77. The van der Waals surface area contributed by atoms with Crippen molar-refractivity contribution < 1.29 is 0 Å². The Morgan fingerprint density at radius 2 is 1.21 bits per heavy atom. The van der Waals surface area contributed by atoms with E-state index in [4.69, 9.17) is 5.41 Å². The summed E-state index contributed by atoms with van der Waals surface area (Å²) in [7, 11) is 1.96. The Morgan fingerprint density at radius 1 is 0.597 bits per heavy atom. The highest BCUT2D eigenvalue weighted by Crippen LogP contribution is 2.54. The fourth-order valence-corrected chi connectivity index (χ4v) is 8.90. The maximum Gasteiger partial charge on any atom is 0.0435 e. The number of aryl methyl sites for hydroxylation is 3. The van der Waals surface area contributed by atoms with Crippen molar-refractivity contribution in [3.05, 3.63) is 255 Å². The quantitative estimate of drug-likeness (QED) is 0.161. The SMILES string of the molecule is CNc1ccc(C2=C(C)CCC=C2)c(C)c1.Cc1ccc2c(c1)C(C)(c1ccccc1)c1ccc3c(c1-2)C=CCC3.N=Cc1ccc(Cc2ccccc2)cc1.c1ccccc1. The number of allylic oxidation sites excluding steroid dienone is 5. The summed E-state index contributed by atoms with van der Waals surface area (Å²) in [6.45, 7) is 9.01. The van der Waals surface area contributed by atoms with Crippen molar-refractivity contribution >= 4 is 23.6 Å². The van der Waals surface area contributed by atoms with Gasteiger partial charge in [-0.3, -0.25) is 0 Å². The average molecular weight is 809 g/mol. The minimum absolute atomic E-state index is 0.0851. The first-order valence-corrected chi connectivity index (χ1v) is 22.1. The van der Waals surface area contributed by atoms with Crippen molar-refractivity contribution in [2.75, 3.05) is 12.4 Å². The molecule has 0 amide bonds. The molecule has 2 nitrogen and oxygen atoms in total. The molecule has 0 heterocycles. The Bertz CT molecular complexity index is 2640. The van der Waals surface area contributed by atoms with Crippen LogP contribution in [0.25, 0.3) is 22.8 Å². The van der Waals surface area contributed by atoms with Crippen LogP contribution >= 0.6 is 0 Å². The van der Waals surface area contributed by atoms with E-state index >= 15 is 0 Å². The summed E-state index contributed by atoms with van der Waals surface area (Å²) < 4.78 is 0. The van der Waals surface area contributed by atoms with E-state index in [0.29, 0.717) is 0 Å². The number of nitrogens with one attached hydrogen (secondary N) is 2. The molecule has 0 saturated heterocycles. The van der Waals surface area contributed by atoms with Crippen LogP contribution in [0.4, 0.5) is 5.69 Å². The van der Waals surface area contributed by atoms with Gasteiger partial charge in [0.25, 0.3) is 0 Å². The highest BCUT2D eigenvalue weighted by atomic mass is 14.8. The van der Waals surface area contributed by atoms with Crippen molar-refractivity contribution in [2.45, 2.75) is 65.2 Å². The van der Waals surface area contributed by atoms with Crippen molar-refractivity contribution in [3.8, 4) is 11.1 Å². The second-order valence-corrected chi connectivity index (χ2v) is 16.7. The minimum atomic E-state index is -0.0851. The van der Waals surface area contributed by atoms with E-state index < -0.39 is 0 Å². The first-order valence-electron chi connectivity index (χ1n) is 22.1. The lowest BCUT2D eigenvalue weighted by Crippen LogP contribution is -2.22. The highest BCUT2D eigenvalue weighted by Gasteiger charge is 2.42. The molecule has 1 unspecified atom stereocenters. The van der Waals surface area contributed by atoms with Crippen molar-refractivity contribution in [3.63, 3.8) is 0 Å². The van der Waals surface area contributed by atoms with Gasteiger partial charge in [0.05, 0.1) is 0 Å². The molecule has 0 saturated carbocycles. The monoisotopic (exact) mass is 808 g/mol. The minimum Gasteiger partial charge on any atom is -0.388 e. The lowest BCUT2D eigenvalue weighted by Gasteiger charge is -2.29. The Balaban J connectivity index is 0.000000136. The molecule has 10 rings (SSSR count). The Labute approximate surface area is 371 Å². The van der Waals surface area contributed by atoms with E-state index in [1.807, 2.05) is 61.6 Å². The topological polar surface area (TPSA) is 35.9 Å². The van der Waals surface area contributed by atoms with Crippen molar-refractivity contribution in [2.24, 2.45) is 0 Å². The molecule has 1 atom stereocenters. The Morgan fingerprint density at radius 3 is 1.85 bits per heavy atom. The molecular formula is C60H60N2. The summed E-state index contributed by atoms with van der Waals surface area (Å²) >= 11 is 0. The third kappa shape index (κ3) is 10.0. The fraction of sp³-hybridized carbons (Fsp3) is 0.183. The van der Waals surface area contributed by atoms with Gasteiger partial charge in [-0.2, -0.15) is 0 Å². The van der Waals surface area contributed by atoms with Crippen LogP contribution < -0.4 is 5.32 Å². The summed E-state index contributed by atoms with van der Waals surface area (Å²) in [6, 6.07) is 59.8. The fourth-order valence-electron chi connectivity index (χ4n) is 8.90. The van der Waals surface area contributed by atoms with Crippen LogP contribution in [0.5, 0.6) is 0 Å². The van der Waals surface area contributed by atoms with Crippen LogP contribution in [0.3, 0.4) is 0 Å². The van der Waals surface area contributed by atoms with Gasteiger partial charge in [-0.1, -0.05) is 193 Å². The maximum atomic E-state index is 7.11. The van der Waals surface area contributed by atoms with Crippen LogP contribution in [-0.4, -0.2) is 13.3 Å². The molecule has 0 aliphatic heterocycles. The molecule has 310 valence electrons. The molecule has 0 fully saturated rings. The van der Waals surface area contributed by atoms with Gasteiger partial charge in [0.2, 0.25) is 0 Å². The van der Waals surface area contributed by atoms with E-state index in [-0.39, 0.29) is 5.41 Å². The molecule has 3 aliphatic rings. The van der Waals surface area contributed by atoms with E-state index in [2.05, 4.69) is 173 Å². The molecule has 0 aromatic heterocycles. The van der Waals surface area contributed by atoms with Crippen LogP contribution in [0, 0.1) is 19.3 Å². The average Bonchev–Trinajstić information content (AvgIpc) is 3.59. The highest BCUT2D eigenvalue weighted by molar-refractivity contribution is 5.90. The lowest BCUT2D eigenvalue weighted by atomic mass is 9.73. The van der Waals surface area contributed by atoms with E-state index in [1.54, 1.807) is 0 Å². The molecule has 2 heteroatoms. The first kappa shape index (κ1) is 43.3. The second kappa shape index (κ2) is 20.7. The van der Waals surface area contributed by atoms with Crippen LogP contribution in [0.1, 0.15) is 94.3 Å². The van der Waals surface area contributed by atoms with Crippen LogP contribution in [-0.2, 0) is 18.3 Å². The standard InChI is InChI=1S/C25H22.C15H19N.C14H13N.C6H6/c1-17-12-14-21-23(16-17)25(2,19-9-4-3-5-10-19)22-15-13-18-8-6-7-11-20(18)24(21)22;1-11-6-4-5-7-14(11)15-9-8-13(16-3)10-12(15)2;15-11-14-8-6-13(7-9-14)10-12-4-2-1-3-5-12;1-2-4-6-5-3-1/h3-5,7,9-16H,6,8H2,1-2H3;5,7-10,16H,4,6H2,1-3H3;1-9,11,15H,10H2;1-6H. The van der Waals surface area contributed by atoms with Gasteiger partial charge in [-0.15, -0.1) is 0 Å². The van der Waals surface area contributed by atoms with Gasteiger partial charge in [-0.05, 0) is 144 Å². The molecule has 3 aliphatic carbocycles. The van der Waals surface area contributed by atoms with Gasteiger partial charge in [0.1, 0.15) is 0 Å². The van der Waals surface area contributed by atoms with Crippen LogP contribution in [0.2, 0.25) is 0 Å². The predicted octanol–water partition coefficient (Wildman–Crippen LogP) is 15.4. The number of hydrogen-bond donors (Lipinski definition) is 2. The molecule has 0 radical (unpaired) electrons. The molecule has 0 bridgehead atoms. The normalized spacial score (nSPS) is 15.2. The predicted molar refractivity (Wildman–Crippen MR) is 268 cm³/mol. The van der Waals surface area contributed by atoms with Gasteiger partial charge in [0, 0.05) is 24.4 Å². The van der Waals surface area contributed by atoms with Crippen LogP contribution in [0.15, 0.2) is 194 Å². The van der Waals surface area contributed by atoms with Crippen molar-refractivity contribution in [1.82, 2.24) is 0 Å². The van der Waals surface area contributed by atoms with E-state index in [1.165, 1.54) is 103 Å². The number of anilines is 1. The second-order valence-electron chi connectivity index (χ2n) is 16.7. The molecule has 0 spiro atoms. The van der Waals surface area contributed by atoms with Gasteiger partial charge >= 0.3 is 0 Å². The third-order valence-corrected chi connectivity index (χ3v) is 12.4. The zero-order chi connectivity index (χ0) is 43.3. The zero-order valence-corrected chi connectivity index (χ0v) is 37.1. The van der Waals surface area contributed by atoms with E-state index in [9.17, 15) is 0 Å². The van der Waals surface area contributed by atoms with Gasteiger partial charge < -0.3 is 10.7 Å². The van der Waals surface area contributed by atoms with Gasteiger partial charge in [0.15, 0.2) is 0 Å². The number of hydrogen-bond acceptors (Lipinski definition) is 2. The number of benzene rings is 7. The number of rotatable bonds is 6. The maximum absolute atomic E-state index is 7.11. The molecular weight excluding hydrogens is 749 g/mol. The molecule has 7 aromatic carbocycles. The smallest absolute Gasteiger partial charge is 0.0435 e. The van der Waals surface area contributed by atoms with Gasteiger partial charge in [-0.25, -0.2) is 0 Å². The summed E-state index contributed by atoms with van der Waals surface area (Å²) in [6.07, 6.45) is 16.2. The summed E-state index contributed by atoms with van der Waals surface area (Å²) in [4.78, 5) is 0. The number of fused-ring (bicyclic) bond motifs is 5. The summed E-state index contributed by atoms with van der Waals surface area (Å²) in [5.74, 6) is 0. The molecule has 7 aromatic rings. The van der Waals surface area contributed by atoms with Crippen molar-refractivity contribution in [1.29, 1.82) is 5.41 Å². The van der Waals surface area contributed by atoms with E-state index in [0.717, 1.165) is 24.8 Å². The largest absolute Gasteiger partial charge is 0.388 e. The third-order valence-electron chi connectivity index (χ3n) is 12.4. The zero-order valence-electron chi connectivity index (χ0n) is 37.1. The molecule has 2 N–H and O–H groups in total.